The van der Waals surface area contributed by atoms with E-state index in [-0.39, 0.29) is 9.90 Å². The second kappa shape index (κ2) is 9.67. The molecular formula is C25H18Cl2N4O3S2. The number of fused-ring (bicyclic) bond motifs is 1. The maximum Gasteiger partial charge on any atom is 0.283 e. The van der Waals surface area contributed by atoms with Crippen molar-refractivity contribution >= 4 is 61.6 Å². The Labute approximate surface area is 221 Å². The fraction of sp³-hybridized carbons (Fsp3) is 0.0800. The van der Waals surface area contributed by atoms with Gasteiger partial charge in [-0.1, -0.05) is 65.7 Å². The smallest absolute Gasteiger partial charge is 0.283 e. The molecule has 3 aromatic heterocycles. The average molecular weight is 557 g/mol. The molecule has 0 aliphatic heterocycles. The van der Waals surface area contributed by atoms with Gasteiger partial charge < -0.3 is 4.57 Å². The standard InChI is InChI=1S/C25H18Cl2N4O3S2/c1-15-28-20-9-10-21(25(32)30-36(33,34)23-12-11-22(27)35-23)29-24(20)31(15)14-18-8-7-17(13-19(18)26)16-5-3-2-4-6-16/h2-13H,14H2,1H3,(H,30,32). The summed E-state index contributed by atoms with van der Waals surface area (Å²) in [7, 11) is -4.07. The summed E-state index contributed by atoms with van der Waals surface area (Å²) in [5.74, 6) is -0.170. The number of rotatable bonds is 6. The van der Waals surface area contributed by atoms with E-state index in [9.17, 15) is 13.2 Å². The van der Waals surface area contributed by atoms with Gasteiger partial charge in [-0.3, -0.25) is 4.79 Å². The Morgan fingerprint density at radius 1 is 0.972 bits per heavy atom. The van der Waals surface area contributed by atoms with Crippen LogP contribution >= 0.6 is 34.5 Å². The molecule has 0 aliphatic carbocycles. The molecule has 0 bridgehead atoms. The summed E-state index contributed by atoms with van der Waals surface area (Å²) >= 11 is 13.3. The lowest BCUT2D eigenvalue weighted by Gasteiger charge is -2.11. The first-order valence-corrected chi connectivity index (χ1v) is 13.8. The van der Waals surface area contributed by atoms with Gasteiger partial charge in [0, 0.05) is 5.02 Å². The van der Waals surface area contributed by atoms with E-state index >= 15 is 0 Å². The summed E-state index contributed by atoms with van der Waals surface area (Å²) in [6.45, 7) is 2.21. The average Bonchev–Trinajstić information content (AvgIpc) is 3.43. The maximum absolute atomic E-state index is 12.8. The first-order valence-electron chi connectivity index (χ1n) is 10.7. The van der Waals surface area contributed by atoms with Gasteiger partial charge in [-0.15, -0.1) is 11.3 Å². The Kier molecular flexibility index (Phi) is 6.57. The molecule has 7 nitrogen and oxygen atoms in total. The van der Waals surface area contributed by atoms with Gasteiger partial charge in [-0.05, 0) is 53.9 Å². The second-order valence-corrected chi connectivity index (χ2v) is 12.0. The lowest BCUT2D eigenvalue weighted by Crippen LogP contribution is -2.30. The van der Waals surface area contributed by atoms with E-state index in [1.165, 1.54) is 18.2 Å². The molecule has 5 rings (SSSR count). The Morgan fingerprint density at radius 2 is 1.75 bits per heavy atom. The number of sulfonamides is 1. The molecule has 3 heterocycles. The SMILES string of the molecule is Cc1nc2ccc(C(=O)NS(=O)(=O)c3ccc(Cl)s3)nc2n1Cc1ccc(-c2ccccc2)cc1Cl. The number of hydrogen-bond acceptors (Lipinski definition) is 6. The van der Waals surface area contributed by atoms with Crippen LogP contribution in [0.2, 0.25) is 9.36 Å². The summed E-state index contributed by atoms with van der Waals surface area (Å²) in [5.41, 5.74) is 3.89. The number of aryl methyl sites for hydroxylation is 1. The Hall–Kier alpha value is -3.24. The van der Waals surface area contributed by atoms with Crippen LogP contribution in [0, 0.1) is 6.92 Å². The third kappa shape index (κ3) is 4.87. The first kappa shape index (κ1) is 24.5. The lowest BCUT2D eigenvalue weighted by molar-refractivity contribution is 0.0977. The number of carbonyl (C=O) groups excluding carboxylic acids is 1. The molecule has 0 saturated carbocycles. The molecule has 11 heteroatoms. The number of benzene rings is 2. The highest BCUT2D eigenvalue weighted by Gasteiger charge is 2.22. The van der Waals surface area contributed by atoms with Crippen molar-refractivity contribution < 1.29 is 13.2 Å². The molecule has 2 aromatic carbocycles. The number of thiophene rings is 1. The largest absolute Gasteiger partial charge is 0.308 e. The van der Waals surface area contributed by atoms with Gasteiger partial charge in [-0.2, -0.15) is 0 Å². The molecule has 1 N–H and O–H groups in total. The van der Waals surface area contributed by atoms with E-state index in [0.29, 0.717) is 32.9 Å². The van der Waals surface area contributed by atoms with Crippen LogP contribution in [0.5, 0.6) is 0 Å². The van der Waals surface area contributed by atoms with E-state index in [4.69, 9.17) is 23.2 Å². The maximum atomic E-state index is 12.8. The van der Waals surface area contributed by atoms with Gasteiger partial charge in [-0.25, -0.2) is 23.1 Å². The van der Waals surface area contributed by atoms with Crippen molar-refractivity contribution in [2.24, 2.45) is 0 Å². The number of imidazole rings is 1. The third-order valence-electron chi connectivity index (χ3n) is 5.54. The minimum absolute atomic E-state index is 0.0552. The normalized spacial score (nSPS) is 11.6. The highest BCUT2D eigenvalue weighted by Crippen LogP contribution is 2.28. The van der Waals surface area contributed by atoms with Crippen LogP contribution in [0.15, 0.2) is 77.0 Å². The molecule has 36 heavy (non-hydrogen) atoms. The lowest BCUT2D eigenvalue weighted by atomic mass is 10.0. The van der Waals surface area contributed by atoms with Crippen LogP contribution in [-0.4, -0.2) is 28.9 Å². The molecule has 0 saturated heterocycles. The number of nitrogens with one attached hydrogen (secondary N) is 1. The minimum atomic E-state index is -4.07. The molecule has 0 aliphatic rings. The molecule has 0 fully saturated rings. The van der Waals surface area contributed by atoms with E-state index < -0.39 is 15.9 Å². The van der Waals surface area contributed by atoms with Gasteiger partial charge in [0.2, 0.25) is 0 Å². The van der Waals surface area contributed by atoms with Crippen molar-refractivity contribution in [2.75, 3.05) is 0 Å². The number of aromatic nitrogens is 3. The van der Waals surface area contributed by atoms with Gasteiger partial charge in [0.25, 0.3) is 15.9 Å². The molecule has 0 spiro atoms. The highest BCUT2D eigenvalue weighted by molar-refractivity contribution is 7.92. The van der Waals surface area contributed by atoms with E-state index in [1.807, 2.05) is 64.7 Å². The summed E-state index contributed by atoms with van der Waals surface area (Å²) < 4.78 is 29.2. The summed E-state index contributed by atoms with van der Waals surface area (Å²) in [6, 6.07) is 21.7. The third-order valence-corrected chi connectivity index (χ3v) is 8.95. The van der Waals surface area contributed by atoms with Crippen molar-refractivity contribution in [3.8, 4) is 11.1 Å². The zero-order valence-electron chi connectivity index (χ0n) is 18.8. The monoisotopic (exact) mass is 556 g/mol. The Morgan fingerprint density at radius 3 is 2.44 bits per heavy atom. The van der Waals surface area contributed by atoms with Gasteiger partial charge in [0.05, 0.1) is 10.9 Å². The fourth-order valence-corrected chi connectivity index (χ4v) is 6.44. The quantitative estimate of drug-likeness (QED) is 0.279. The number of carbonyl (C=O) groups is 1. The zero-order chi connectivity index (χ0) is 25.4. The zero-order valence-corrected chi connectivity index (χ0v) is 21.9. The second-order valence-electron chi connectivity index (χ2n) is 7.95. The topological polar surface area (TPSA) is 93.9 Å². The van der Waals surface area contributed by atoms with Crippen LogP contribution in [0.25, 0.3) is 22.3 Å². The number of halogens is 2. The molecule has 182 valence electrons. The summed E-state index contributed by atoms with van der Waals surface area (Å²) in [5, 5.41) is 0.590. The summed E-state index contributed by atoms with van der Waals surface area (Å²) in [6.07, 6.45) is 0. The molecule has 0 radical (unpaired) electrons. The number of nitrogens with zero attached hydrogens (tertiary/aromatic N) is 3. The Balaban J connectivity index is 1.44. The van der Waals surface area contributed by atoms with E-state index in [2.05, 4.69) is 9.97 Å². The Bertz CT molecular complexity index is 1710. The van der Waals surface area contributed by atoms with Crippen molar-refractivity contribution in [3.05, 3.63) is 99.2 Å². The van der Waals surface area contributed by atoms with Crippen molar-refractivity contribution in [1.29, 1.82) is 0 Å². The number of hydrogen-bond donors (Lipinski definition) is 1. The summed E-state index contributed by atoms with van der Waals surface area (Å²) in [4.78, 5) is 21.7. The van der Waals surface area contributed by atoms with Gasteiger partial charge in [0.15, 0.2) is 5.65 Å². The molecule has 0 atom stereocenters. The fourth-order valence-electron chi connectivity index (χ4n) is 3.75. The van der Waals surface area contributed by atoms with Gasteiger partial charge >= 0.3 is 0 Å². The minimum Gasteiger partial charge on any atom is -0.308 e. The van der Waals surface area contributed by atoms with Crippen molar-refractivity contribution in [2.45, 2.75) is 17.7 Å². The molecular weight excluding hydrogens is 539 g/mol. The van der Waals surface area contributed by atoms with E-state index in [1.54, 1.807) is 6.07 Å². The number of amides is 1. The predicted octanol–water partition coefficient (Wildman–Crippen LogP) is 5.94. The molecule has 5 aromatic rings. The highest BCUT2D eigenvalue weighted by atomic mass is 35.5. The van der Waals surface area contributed by atoms with Crippen LogP contribution < -0.4 is 4.72 Å². The van der Waals surface area contributed by atoms with Crippen LogP contribution in [0.1, 0.15) is 21.9 Å². The predicted molar refractivity (Wildman–Crippen MR) is 142 cm³/mol. The molecule has 0 unspecified atom stereocenters. The van der Waals surface area contributed by atoms with Crippen LogP contribution in [0.4, 0.5) is 0 Å². The molecule has 1 amide bonds. The van der Waals surface area contributed by atoms with Gasteiger partial charge in [0.1, 0.15) is 21.2 Å². The number of pyridine rings is 1. The first-order chi connectivity index (χ1) is 17.2. The van der Waals surface area contributed by atoms with E-state index in [0.717, 1.165) is 28.0 Å². The van der Waals surface area contributed by atoms with Crippen molar-refractivity contribution in [3.63, 3.8) is 0 Å². The van der Waals surface area contributed by atoms with Crippen molar-refractivity contribution in [1.82, 2.24) is 19.3 Å². The van der Waals surface area contributed by atoms with Crippen LogP contribution in [-0.2, 0) is 16.6 Å². The van der Waals surface area contributed by atoms with Crippen LogP contribution in [0.3, 0.4) is 0 Å².